The molecule has 92 valence electrons. The second kappa shape index (κ2) is 6.65. The Bertz CT molecular complexity index is 280. The molecule has 0 saturated carbocycles. The van der Waals surface area contributed by atoms with E-state index in [1.165, 1.54) is 11.9 Å². The van der Waals surface area contributed by atoms with Crippen LogP contribution < -0.4 is 5.32 Å². The minimum Gasteiger partial charge on any atom is -0.480 e. The van der Waals surface area contributed by atoms with Crippen LogP contribution in [0.3, 0.4) is 0 Å². The van der Waals surface area contributed by atoms with Crippen LogP contribution >= 0.6 is 0 Å². The Morgan fingerprint density at radius 2 is 1.75 bits per heavy atom. The van der Waals surface area contributed by atoms with E-state index in [4.69, 9.17) is 5.11 Å². The fourth-order valence-corrected chi connectivity index (χ4v) is 0.872. The van der Waals surface area contributed by atoms with Crippen molar-refractivity contribution in [2.75, 3.05) is 33.7 Å². The Morgan fingerprint density at radius 1 is 1.19 bits per heavy atom. The van der Waals surface area contributed by atoms with Crippen LogP contribution in [0.2, 0.25) is 0 Å². The summed E-state index contributed by atoms with van der Waals surface area (Å²) in [5.74, 6) is -1.32. The molecule has 7 nitrogen and oxygen atoms in total. The standard InChI is InChI=1S/C9H17N3O4/c1-4-11(2)7(13)5-10-9(16)12(3)6-8(14)15/h4-6H2,1-3H3,(H,10,16)(H,14,15). The van der Waals surface area contributed by atoms with Crippen molar-refractivity contribution >= 4 is 17.9 Å². The second-order valence-electron chi connectivity index (χ2n) is 3.32. The van der Waals surface area contributed by atoms with Crippen molar-refractivity contribution in [3.8, 4) is 0 Å². The van der Waals surface area contributed by atoms with E-state index in [0.29, 0.717) is 6.54 Å². The van der Waals surface area contributed by atoms with Crippen molar-refractivity contribution in [1.29, 1.82) is 0 Å². The lowest BCUT2D eigenvalue weighted by Crippen LogP contribution is -2.44. The van der Waals surface area contributed by atoms with Crippen molar-refractivity contribution in [3.63, 3.8) is 0 Å². The van der Waals surface area contributed by atoms with Gasteiger partial charge in [0.25, 0.3) is 0 Å². The van der Waals surface area contributed by atoms with Crippen molar-refractivity contribution in [3.05, 3.63) is 0 Å². The third kappa shape index (κ3) is 5.18. The maximum Gasteiger partial charge on any atom is 0.323 e. The van der Waals surface area contributed by atoms with E-state index in [-0.39, 0.29) is 12.5 Å². The van der Waals surface area contributed by atoms with Crippen LogP contribution in [0.5, 0.6) is 0 Å². The average molecular weight is 231 g/mol. The summed E-state index contributed by atoms with van der Waals surface area (Å²) in [5.41, 5.74) is 0. The molecule has 0 radical (unpaired) electrons. The Kier molecular flexibility index (Phi) is 5.91. The van der Waals surface area contributed by atoms with E-state index in [0.717, 1.165) is 4.90 Å². The molecule has 0 bridgehead atoms. The smallest absolute Gasteiger partial charge is 0.323 e. The van der Waals surface area contributed by atoms with Gasteiger partial charge in [0.2, 0.25) is 5.91 Å². The van der Waals surface area contributed by atoms with Gasteiger partial charge in [0.15, 0.2) is 0 Å². The molecule has 0 saturated heterocycles. The molecule has 0 aromatic heterocycles. The van der Waals surface area contributed by atoms with Crippen molar-refractivity contribution in [1.82, 2.24) is 15.1 Å². The summed E-state index contributed by atoms with van der Waals surface area (Å²) in [6, 6.07) is -0.583. The van der Waals surface area contributed by atoms with E-state index in [1.807, 2.05) is 6.92 Å². The third-order valence-electron chi connectivity index (χ3n) is 2.01. The predicted molar refractivity (Wildman–Crippen MR) is 57.0 cm³/mol. The molecule has 3 amide bonds. The molecule has 0 atom stereocenters. The summed E-state index contributed by atoms with van der Waals surface area (Å²) in [7, 11) is 2.97. The van der Waals surface area contributed by atoms with E-state index in [2.05, 4.69) is 5.32 Å². The highest BCUT2D eigenvalue weighted by atomic mass is 16.4. The van der Waals surface area contributed by atoms with E-state index in [9.17, 15) is 14.4 Å². The zero-order valence-electron chi connectivity index (χ0n) is 9.69. The summed E-state index contributed by atoms with van der Waals surface area (Å²) in [4.78, 5) is 35.3. The SMILES string of the molecule is CCN(C)C(=O)CNC(=O)N(C)CC(=O)O. The van der Waals surface area contributed by atoms with E-state index < -0.39 is 18.5 Å². The molecule has 0 aliphatic carbocycles. The second-order valence-corrected chi connectivity index (χ2v) is 3.32. The molecule has 0 fully saturated rings. The number of hydrogen-bond donors (Lipinski definition) is 2. The topological polar surface area (TPSA) is 90.0 Å². The average Bonchev–Trinajstić information content (AvgIpc) is 2.23. The van der Waals surface area contributed by atoms with E-state index >= 15 is 0 Å². The number of carboxylic acid groups (broad SMARTS) is 1. The fraction of sp³-hybridized carbons (Fsp3) is 0.667. The summed E-state index contributed by atoms with van der Waals surface area (Å²) >= 11 is 0. The quantitative estimate of drug-likeness (QED) is 0.647. The van der Waals surface area contributed by atoms with Gasteiger partial charge in [-0.25, -0.2) is 4.79 Å². The lowest BCUT2D eigenvalue weighted by molar-refractivity contribution is -0.137. The number of nitrogens with zero attached hydrogens (tertiary/aromatic N) is 2. The lowest BCUT2D eigenvalue weighted by Gasteiger charge is -2.18. The lowest BCUT2D eigenvalue weighted by atomic mass is 10.5. The van der Waals surface area contributed by atoms with Gasteiger partial charge in [0.1, 0.15) is 6.54 Å². The Hall–Kier alpha value is -1.79. The molecule has 0 aliphatic rings. The van der Waals surface area contributed by atoms with Crippen LogP contribution in [0.15, 0.2) is 0 Å². The third-order valence-corrected chi connectivity index (χ3v) is 2.01. The van der Waals surface area contributed by atoms with Crippen molar-refractivity contribution in [2.24, 2.45) is 0 Å². The number of amides is 3. The number of hydrogen-bond acceptors (Lipinski definition) is 3. The molecule has 0 heterocycles. The number of carboxylic acids is 1. The number of aliphatic carboxylic acids is 1. The first-order valence-corrected chi connectivity index (χ1v) is 4.83. The minimum absolute atomic E-state index is 0.132. The van der Waals surface area contributed by atoms with Gasteiger partial charge in [-0.3, -0.25) is 9.59 Å². The number of carbonyl (C=O) groups is 3. The highest BCUT2D eigenvalue weighted by molar-refractivity contribution is 5.85. The monoisotopic (exact) mass is 231 g/mol. The molecule has 0 aromatic rings. The van der Waals surface area contributed by atoms with Crippen molar-refractivity contribution < 1.29 is 19.5 Å². The number of nitrogens with one attached hydrogen (secondary N) is 1. The molecule has 0 aromatic carbocycles. The highest BCUT2D eigenvalue weighted by Crippen LogP contribution is 1.86. The first kappa shape index (κ1) is 14.2. The van der Waals surface area contributed by atoms with Gasteiger partial charge in [0.05, 0.1) is 6.54 Å². The number of rotatable bonds is 5. The predicted octanol–water partition coefficient (Wildman–Crippen LogP) is -0.809. The van der Waals surface area contributed by atoms with E-state index in [1.54, 1.807) is 7.05 Å². The molecule has 0 unspecified atom stereocenters. The summed E-state index contributed by atoms with van der Waals surface area (Å²) < 4.78 is 0. The Morgan fingerprint density at radius 3 is 2.19 bits per heavy atom. The summed E-state index contributed by atoms with van der Waals surface area (Å²) in [6.45, 7) is 1.84. The van der Waals surface area contributed by atoms with Gasteiger partial charge in [-0.05, 0) is 6.92 Å². The zero-order valence-corrected chi connectivity index (χ0v) is 9.69. The van der Waals surface area contributed by atoms with Gasteiger partial charge in [-0.2, -0.15) is 0 Å². The normalized spacial score (nSPS) is 9.44. The van der Waals surface area contributed by atoms with Gasteiger partial charge >= 0.3 is 12.0 Å². The summed E-state index contributed by atoms with van der Waals surface area (Å²) in [5, 5.41) is 10.8. The first-order valence-electron chi connectivity index (χ1n) is 4.83. The van der Waals surface area contributed by atoms with Crippen LogP contribution in [-0.2, 0) is 9.59 Å². The number of urea groups is 1. The largest absolute Gasteiger partial charge is 0.480 e. The molecule has 16 heavy (non-hydrogen) atoms. The number of carbonyl (C=O) groups excluding carboxylic acids is 2. The van der Waals surface area contributed by atoms with Crippen LogP contribution in [0, 0.1) is 0 Å². The molecule has 0 aliphatic heterocycles. The van der Waals surface area contributed by atoms with Gasteiger partial charge in [-0.1, -0.05) is 0 Å². The van der Waals surface area contributed by atoms with Crippen LogP contribution in [0.1, 0.15) is 6.92 Å². The molecule has 0 rings (SSSR count). The van der Waals surface area contributed by atoms with Gasteiger partial charge in [-0.15, -0.1) is 0 Å². The molecule has 0 spiro atoms. The van der Waals surface area contributed by atoms with Crippen LogP contribution in [0.25, 0.3) is 0 Å². The molecular formula is C9H17N3O4. The van der Waals surface area contributed by atoms with Crippen LogP contribution in [0.4, 0.5) is 4.79 Å². The molecule has 2 N–H and O–H groups in total. The highest BCUT2D eigenvalue weighted by Gasteiger charge is 2.13. The summed E-state index contributed by atoms with van der Waals surface area (Å²) in [6.07, 6.45) is 0. The zero-order chi connectivity index (χ0) is 12.7. The van der Waals surface area contributed by atoms with Crippen molar-refractivity contribution in [2.45, 2.75) is 6.92 Å². The van der Waals surface area contributed by atoms with Gasteiger partial charge in [0, 0.05) is 20.6 Å². The first-order chi connectivity index (χ1) is 7.38. The molecule has 7 heteroatoms. The maximum atomic E-state index is 11.3. The Balaban J connectivity index is 3.97. The van der Waals surface area contributed by atoms with Gasteiger partial charge < -0.3 is 20.2 Å². The fourth-order valence-electron chi connectivity index (χ4n) is 0.872. The minimum atomic E-state index is -1.10. The van der Waals surface area contributed by atoms with Crippen LogP contribution in [-0.4, -0.2) is 66.5 Å². The number of likely N-dealkylation sites (N-methyl/N-ethyl adjacent to an activating group) is 2. The Labute approximate surface area is 94.0 Å². The maximum absolute atomic E-state index is 11.3. The molecular weight excluding hydrogens is 214 g/mol.